The highest BCUT2D eigenvalue weighted by Gasteiger charge is 2.27. The lowest BCUT2D eigenvalue weighted by atomic mass is 10.2. The first-order valence-corrected chi connectivity index (χ1v) is 4.61. The van der Waals surface area contributed by atoms with Crippen molar-refractivity contribution in [3.8, 4) is 0 Å². The lowest BCUT2D eigenvalue weighted by Crippen LogP contribution is -2.17. The number of hydrogen-bond acceptors (Lipinski definition) is 3. The molecule has 1 fully saturated rings. The fourth-order valence-corrected chi connectivity index (χ4v) is 1.56. The van der Waals surface area contributed by atoms with Crippen LogP contribution in [0.4, 0.5) is 0 Å². The Hall–Kier alpha value is -0.870. The SMILES string of the molecule is COC(CN)c1cncn1C1CC1. The molecule has 1 aliphatic rings. The molecule has 1 heterocycles. The Labute approximate surface area is 77.7 Å². The zero-order valence-electron chi connectivity index (χ0n) is 7.81. The Kier molecular flexibility index (Phi) is 2.33. The summed E-state index contributed by atoms with van der Waals surface area (Å²) in [5.74, 6) is 0. The van der Waals surface area contributed by atoms with Crippen LogP contribution in [0.25, 0.3) is 0 Å². The zero-order valence-corrected chi connectivity index (χ0v) is 7.81. The van der Waals surface area contributed by atoms with Crippen LogP contribution in [0.2, 0.25) is 0 Å². The summed E-state index contributed by atoms with van der Waals surface area (Å²) in [5, 5.41) is 0. The van der Waals surface area contributed by atoms with Gasteiger partial charge in [0.05, 0.1) is 18.2 Å². The van der Waals surface area contributed by atoms with Gasteiger partial charge in [0.25, 0.3) is 0 Å². The van der Waals surface area contributed by atoms with Crippen LogP contribution in [0.3, 0.4) is 0 Å². The fourth-order valence-electron chi connectivity index (χ4n) is 1.56. The molecule has 13 heavy (non-hydrogen) atoms. The maximum atomic E-state index is 5.60. The van der Waals surface area contributed by atoms with Crippen molar-refractivity contribution in [1.82, 2.24) is 9.55 Å². The molecule has 0 radical (unpaired) electrons. The summed E-state index contributed by atoms with van der Waals surface area (Å²) < 4.78 is 7.46. The van der Waals surface area contributed by atoms with Crippen molar-refractivity contribution in [2.24, 2.45) is 5.73 Å². The molecule has 0 amide bonds. The van der Waals surface area contributed by atoms with Crippen LogP contribution in [0.1, 0.15) is 30.7 Å². The molecule has 2 rings (SSSR count). The minimum atomic E-state index is -0.0110. The van der Waals surface area contributed by atoms with E-state index in [4.69, 9.17) is 10.5 Å². The largest absolute Gasteiger partial charge is 0.374 e. The van der Waals surface area contributed by atoms with Gasteiger partial charge in [-0.3, -0.25) is 0 Å². The van der Waals surface area contributed by atoms with E-state index in [0.29, 0.717) is 12.6 Å². The number of methoxy groups -OCH3 is 1. The van der Waals surface area contributed by atoms with E-state index in [-0.39, 0.29) is 6.10 Å². The number of ether oxygens (including phenoxy) is 1. The first-order valence-electron chi connectivity index (χ1n) is 4.61. The smallest absolute Gasteiger partial charge is 0.111 e. The predicted octanol–water partition coefficient (Wildman–Crippen LogP) is 0.864. The van der Waals surface area contributed by atoms with Gasteiger partial charge in [0, 0.05) is 19.7 Å². The molecule has 0 spiro atoms. The van der Waals surface area contributed by atoms with Crippen molar-refractivity contribution >= 4 is 0 Å². The number of nitrogens with two attached hydrogens (primary N) is 1. The van der Waals surface area contributed by atoms with Gasteiger partial charge in [0.15, 0.2) is 0 Å². The van der Waals surface area contributed by atoms with E-state index in [9.17, 15) is 0 Å². The number of aromatic nitrogens is 2. The Morgan fingerprint density at radius 3 is 3.08 bits per heavy atom. The number of hydrogen-bond donors (Lipinski definition) is 1. The Morgan fingerprint density at radius 1 is 1.77 bits per heavy atom. The summed E-state index contributed by atoms with van der Waals surface area (Å²) >= 11 is 0. The lowest BCUT2D eigenvalue weighted by Gasteiger charge is -2.14. The van der Waals surface area contributed by atoms with E-state index in [0.717, 1.165) is 5.69 Å². The van der Waals surface area contributed by atoms with Gasteiger partial charge >= 0.3 is 0 Å². The molecule has 1 unspecified atom stereocenters. The molecule has 0 aliphatic heterocycles. The van der Waals surface area contributed by atoms with Crippen molar-refractivity contribution in [3.63, 3.8) is 0 Å². The van der Waals surface area contributed by atoms with Gasteiger partial charge in [-0.25, -0.2) is 4.98 Å². The highest BCUT2D eigenvalue weighted by molar-refractivity contribution is 5.07. The Morgan fingerprint density at radius 2 is 2.54 bits per heavy atom. The zero-order chi connectivity index (χ0) is 9.26. The second-order valence-corrected chi connectivity index (χ2v) is 3.42. The molecule has 0 aromatic carbocycles. The van der Waals surface area contributed by atoms with Crippen LogP contribution in [-0.2, 0) is 4.74 Å². The van der Waals surface area contributed by atoms with Crippen LogP contribution in [-0.4, -0.2) is 23.2 Å². The third-order valence-electron chi connectivity index (χ3n) is 2.46. The number of nitrogens with zero attached hydrogens (tertiary/aromatic N) is 2. The topological polar surface area (TPSA) is 53.1 Å². The minimum absolute atomic E-state index is 0.0110. The molecule has 1 aromatic heterocycles. The first-order chi connectivity index (χ1) is 6.36. The van der Waals surface area contributed by atoms with Crippen molar-refractivity contribution in [1.29, 1.82) is 0 Å². The molecule has 1 atom stereocenters. The first kappa shape index (κ1) is 8.72. The minimum Gasteiger partial charge on any atom is -0.374 e. The molecule has 0 bridgehead atoms. The summed E-state index contributed by atoms with van der Waals surface area (Å²) in [6.45, 7) is 0.509. The van der Waals surface area contributed by atoms with E-state index >= 15 is 0 Å². The molecule has 1 aromatic rings. The van der Waals surface area contributed by atoms with Crippen molar-refractivity contribution in [2.75, 3.05) is 13.7 Å². The van der Waals surface area contributed by atoms with Gasteiger partial charge in [-0.2, -0.15) is 0 Å². The van der Waals surface area contributed by atoms with E-state index < -0.39 is 0 Å². The van der Waals surface area contributed by atoms with E-state index in [2.05, 4.69) is 9.55 Å². The van der Waals surface area contributed by atoms with Gasteiger partial charge in [-0.1, -0.05) is 0 Å². The summed E-state index contributed by atoms with van der Waals surface area (Å²) in [5.41, 5.74) is 6.70. The highest BCUT2D eigenvalue weighted by atomic mass is 16.5. The summed E-state index contributed by atoms with van der Waals surface area (Å²) in [6, 6.07) is 0.640. The van der Waals surface area contributed by atoms with E-state index in [1.54, 1.807) is 7.11 Å². The molecular formula is C9H15N3O. The van der Waals surface area contributed by atoms with Crippen molar-refractivity contribution in [3.05, 3.63) is 18.2 Å². The van der Waals surface area contributed by atoms with Crippen LogP contribution >= 0.6 is 0 Å². The Bertz CT molecular complexity index is 276. The molecular weight excluding hydrogens is 166 g/mol. The van der Waals surface area contributed by atoms with Crippen LogP contribution in [0.15, 0.2) is 12.5 Å². The summed E-state index contributed by atoms with van der Waals surface area (Å²) in [4.78, 5) is 4.13. The van der Waals surface area contributed by atoms with E-state index in [1.165, 1.54) is 12.8 Å². The lowest BCUT2D eigenvalue weighted by molar-refractivity contribution is 0.103. The van der Waals surface area contributed by atoms with Gasteiger partial charge < -0.3 is 15.0 Å². The molecule has 2 N–H and O–H groups in total. The predicted molar refractivity (Wildman–Crippen MR) is 49.3 cm³/mol. The second kappa shape index (κ2) is 3.47. The average molecular weight is 181 g/mol. The standard InChI is InChI=1S/C9H15N3O/c1-13-9(4-10)8-5-11-6-12(8)7-2-3-7/h5-7,9H,2-4,10H2,1H3. The third-order valence-corrected chi connectivity index (χ3v) is 2.46. The van der Waals surface area contributed by atoms with Gasteiger partial charge in [0.2, 0.25) is 0 Å². The summed E-state index contributed by atoms with van der Waals surface area (Å²) in [7, 11) is 1.68. The number of rotatable bonds is 4. The fraction of sp³-hybridized carbons (Fsp3) is 0.667. The number of imidazole rings is 1. The van der Waals surface area contributed by atoms with Gasteiger partial charge in [-0.05, 0) is 12.8 Å². The van der Waals surface area contributed by atoms with E-state index in [1.807, 2.05) is 12.5 Å². The average Bonchev–Trinajstić information content (AvgIpc) is 2.89. The molecule has 4 nitrogen and oxygen atoms in total. The molecule has 4 heteroatoms. The van der Waals surface area contributed by atoms with Gasteiger partial charge in [0.1, 0.15) is 6.10 Å². The van der Waals surface area contributed by atoms with Crippen LogP contribution in [0.5, 0.6) is 0 Å². The molecule has 0 saturated heterocycles. The van der Waals surface area contributed by atoms with Crippen molar-refractivity contribution < 1.29 is 4.74 Å². The van der Waals surface area contributed by atoms with Crippen LogP contribution < -0.4 is 5.73 Å². The third kappa shape index (κ3) is 1.59. The maximum absolute atomic E-state index is 5.60. The maximum Gasteiger partial charge on any atom is 0.111 e. The Balaban J connectivity index is 2.21. The van der Waals surface area contributed by atoms with Crippen molar-refractivity contribution in [2.45, 2.75) is 25.0 Å². The quantitative estimate of drug-likeness (QED) is 0.749. The highest BCUT2D eigenvalue weighted by Crippen LogP contribution is 2.37. The summed E-state index contributed by atoms with van der Waals surface area (Å²) in [6.07, 6.45) is 6.21. The molecule has 1 saturated carbocycles. The normalized spacial score (nSPS) is 18.9. The van der Waals surface area contributed by atoms with Gasteiger partial charge in [-0.15, -0.1) is 0 Å². The molecule has 1 aliphatic carbocycles. The second-order valence-electron chi connectivity index (χ2n) is 3.42. The monoisotopic (exact) mass is 181 g/mol. The molecule has 72 valence electrons. The van der Waals surface area contributed by atoms with Crippen LogP contribution in [0, 0.1) is 0 Å².